The predicted molar refractivity (Wildman–Crippen MR) is 59.4 cm³/mol. The number of aromatic amines is 1. The molecule has 1 atom stereocenters. The summed E-state index contributed by atoms with van der Waals surface area (Å²) in [6, 6.07) is 6.15. The predicted octanol–water partition coefficient (Wildman–Crippen LogP) is 1.32. The normalized spacial score (nSPS) is 20.8. The molecule has 1 saturated heterocycles. The van der Waals surface area contributed by atoms with E-state index in [0.717, 1.165) is 31.6 Å². The van der Waals surface area contributed by atoms with E-state index in [1.165, 1.54) is 0 Å². The van der Waals surface area contributed by atoms with E-state index >= 15 is 0 Å². The number of nitrogens with zero attached hydrogens (tertiary/aromatic N) is 2. The van der Waals surface area contributed by atoms with E-state index in [1.54, 1.807) is 0 Å². The molecule has 2 rings (SSSR count). The van der Waals surface area contributed by atoms with Gasteiger partial charge in [0.05, 0.1) is 12.0 Å². The Morgan fingerprint density at radius 3 is 3.12 bits per heavy atom. The summed E-state index contributed by atoms with van der Waals surface area (Å²) in [7, 11) is 0. The van der Waals surface area contributed by atoms with Crippen molar-refractivity contribution in [2.75, 3.05) is 13.1 Å². The topological polar surface area (TPSA) is 59.9 Å². The maximum absolute atomic E-state index is 11.7. The second kappa shape index (κ2) is 4.84. The van der Waals surface area contributed by atoms with Crippen LogP contribution in [0.1, 0.15) is 18.5 Å². The molecule has 2 heterocycles. The fraction of sp³-hybridized carbons (Fsp3) is 0.500. The van der Waals surface area contributed by atoms with E-state index in [-0.39, 0.29) is 11.8 Å². The molecule has 1 aromatic heterocycles. The highest BCUT2D eigenvalue weighted by molar-refractivity contribution is 5.77. The van der Waals surface area contributed by atoms with Gasteiger partial charge in [-0.3, -0.25) is 4.79 Å². The van der Waals surface area contributed by atoms with Crippen molar-refractivity contribution in [1.29, 1.82) is 5.26 Å². The zero-order chi connectivity index (χ0) is 11.4. The number of nitrogens with one attached hydrogen (secondary N) is 1. The largest absolute Gasteiger partial charge is 0.365 e. The summed E-state index contributed by atoms with van der Waals surface area (Å²) >= 11 is 0. The number of likely N-dealkylation sites (tertiary alicyclic amines) is 1. The molecule has 1 unspecified atom stereocenters. The number of hydrogen-bond acceptors (Lipinski definition) is 2. The van der Waals surface area contributed by atoms with Gasteiger partial charge in [0.2, 0.25) is 5.91 Å². The number of amides is 1. The minimum atomic E-state index is -0.0748. The molecule has 1 fully saturated rings. The quantitative estimate of drug-likeness (QED) is 0.830. The van der Waals surface area contributed by atoms with Crippen LogP contribution >= 0.6 is 0 Å². The third-order valence-corrected chi connectivity index (χ3v) is 3.02. The molecule has 4 nitrogen and oxygen atoms in total. The van der Waals surface area contributed by atoms with E-state index in [2.05, 4.69) is 11.1 Å². The molecule has 84 valence electrons. The molecule has 0 saturated carbocycles. The highest BCUT2D eigenvalue weighted by Crippen LogP contribution is 2.17. The van der Waals surface area contributed by atoms with Crippen molar-refractivity contribution in [1.82, 2.24) is 9.88 Å². The minimum Gasteiger partial charge on any atom is -0.365 e. The van der Waals surface area contributed by atoms with E-state index < -0.39 is 0 Å². The van der Waals surface area contributed by atoms with E-state index in [9.17, 15) is 4.79 Å². The molecule has 1 amide bonds. The first-order valence-corrected chi connectivity index (χ1v) is 5.59. The SMILES string of the molecule is N#CC1CCN(CCc2ccc[nH]2)C(=O)C1. The second-order valence-electron chi connectivity index (χ2n) is 4.14. The van der Waals surface area contributed by atoms with Crippen molar-refractivity contribution < 1.29 is 4.79 Å². The number of H-pyrrole nitrogens is 1. The van der Waals surface area contributed by atoms with Gasteiger partial charge >= 0.3 is 0 Å². The Balaban J connectivity index is 1.83. The second-order valence-corrected chi connectivity index (χ2v) is 4.14. The molecule has 0 aromatic carbocycles. The number of aromatic nitrogens is 1. The molecular formula is C12H15N3O. The first-order chi connectivity index (χ1) is 7.79. The Bertz CT molecular complexity index is 391. The van der Waals surface area contributed by atoms with Crippen molar-refractivity contribution >= 4 is 5.91 Å². The first kappa shape index (κ1) is 10.7. The van der Waals surface area contributed by atoms with Crippen LogP contribution in [0.15, 0.2) is 18.3 Å². The van der Waals surface area contributed by atoms with Crippen LogP contribution in [-0.2, 0) is 11.2 Å². The number of carbonyl (C=O) groups excluding carboxylic acids is 1. The Morgan fingerprint density at radius 2 is 2.50 bits per heavy atom. The van der Waals surface area contributed by atoms with E-state index in [0.29, 0.717) is 6.42 Å². The van der Waals surface area contributed by atoms with Crippen LogP contribution in [0.25, 0.3) is 0 Å². The van der Waals surface area contributed by atoms with Crippen molar-refractivity contribution in [2.24, 2.45) is 5.92 Å². The molecule has 0 radical (unpaired) electrons. The smallest absolute Gasteiger partial charge is 0.223 e. The Hall–Kier alpha value is -1.76. The number of hydrogen-bond donors (Lipinski definition) is 1. The van der Waals surface area contributed by atoms with Gasteiger partial charge in [-0.1, -0.05) is 0 Å². The maximum atomic E-state index is 11.7. The lowest BCUT2D eigenvalue weighted by Gasteiger charge is -2.28. The standard InChI is InChI=1S/C12H15N3O/c13-9-10-3-6-15(12(16)8-10)7-4-11-2-1-5-14-11/h1-2,5,10,14H,3-4,6-8H2. The van der Waals surface area contributed by atoms with Crippen molar-refractivity contribution in [3.8, 4) is 6.07 Å². The lowest BCUT2D eigenvalue weighted by molar-refractivity contribution is -0.134. The van der Waals surface area contributed by atoms with Crippen LogP contribution in [0.3, 0.4) is 0 Å². The Labute approximate surface area is 94.9 Å². The van der Waals surface area contributed by atoms with Crippen LogP contribution in [0.2, 0.25) is 0 Å². The first-order valence-electron chi connectivity index (χ1n) is 5.59. The third kappa shape index (κ3) is 2.43. The zero-order valence-electron chi connectivity index (χ0n) is 9.15. The van der Waals surface area contributed by atoms with Gasteiger partial charge in [-0.15, -0.1) is 0 Å². The van der Waals surface area contributed by atoms with Crippen LogP contribution < -0.4 is 0 Å². The van der Waals surface area contributed by atoms with Crippen molar-refractivity contribution in [3.05, 3.63) is 24.0 Å². The average Bonchev–Trinajstić information content (AvgIpc) is 2.80. The highest BCUT2D eigenvalue weighted by Gasteiger charge is 2.25. The molecule has 1 aliphatic rings. The summed E-state index contributed by atoms with van der Waals surface area (Å²) in [5.41, 5.74) is 1.15. The number of nitriles is 1. The molecule has 4 heteroatoms. The van der Waals surface area contributed by atoms with Crippen LogP contribution in [0, 0.1) is 17.2 Å². The number of rotatable bonds is 3. The molecule has 1 N–H and O–H groups in total. The molecular weight excluding hydrogens is 202 g/mol. The molecule has 16 heavy (non-hydrogen) atoms. The average molecular weight is 217 g/mol. The van der Waals surface area contributed by atoms with Crippen LogP contribution in [0.5, 0.6) is 0 Å². The summed E-state index contributed by atoms with van der Waals surface area (Å²) in [5.74, 6) is 0.0404. The van der Waals surface area contributed by atoms with Crippen molar-refractivity contribution in [3.63, 3.8) is 0 Å². The van der Waals surface area contributed by atoms with Crippen LogP contribution in [-0.4, -0.2) is 28.9 Å². The number of carbonyl (C=O) groups is 1. The lowest BCUT2D eigenvalue weighted by atomic mass is 9.98. The summed E-state index contributed by atoms with van der Waals surface area (Å²) in [5, 5.41) is 8.75. The monoisotopic (exact) mass is 217 g/mol. The van der Waals surface area contributed by atoms with Gasteiger partial charge in [-0.05, 0) is 18.6 Å². The zero-order valence-corrected chi connectivity index (χ0v) is 9.15. The lowest BCUT2D eigenvalue weighted by Crippen LogP contribution is -2.39. The Morgan fingerprint density at radius 1 is 1.62 bits per heavy atom. The van der Waals surface area contributed by atoms with Crippen molar-refractivity contribution in [2.45, 2.75) is 19.3 Å². The number of piperidine rings is 1. The molecule has 1 aromatic rings. The summed E-state index contributed by atoms with van der Waals surface area (Å²) in [6.45, 7) is 1.47. The third-order valence-electron chi connectivity index (χ3n) is 3.02. The van der Waals surface area contributed by atoms with Gasteiger partial charge in [0.15, 0.2) is 0 Å². The molecule has 0 spiro atoms. The van der Waals surface area contributed by atoms with Gasteiger partial charge in [-0.25, -0.2) is 0 Å². The maximum Gasteiger partial charge on any atom is 0.223 e. The molecule has 0 aliphatic carbocycles. The minimum absolute atomic E-state index is 0.0748. The Kier molecular flexibility index (Phi) is 3.25. The van der Waals surface area contributed by atoms with E-state index in [4.69, 9.17) is 5.26 Å². The molecule has 1 aliphatic heterocycles. The molecule has 0 bridgehead atoms. The van der Waals surface area contributed by atoms with E-state index in [1.807, 2.05) is 23.2 Å². The summed E-state index contributed by atoms with van der Waals surface area (Å²) in [4.78, 5) is 16.7. The fourth-order valence-corrected chi connectivity index (χ4v) is 2.00. The van der Waals surface area contributed by atoms with Gasteiger partial charge < -0.3 is 9.88 Å². The summed E-state index contributed by atoms with van der Waals surface area (Å²) < 4.78 is 0. The highest BCUT2D eigenvalue weighted by atomic mass is 16.2. The van der Waals surface area contributed by atoms with Gasteiger partial charge in [0.1, 0.15) is 0 Å². The van der Waals surface area contributed by atoms with Gasteiger partial charge in [0, 0.05) is 37.8 Å². The van der Waals surface area contributed by atoms with Gasteiger partial charge in [0.25, 0.3) is 0 Å². The van der Waals surface area contributed by atoms with Gasteiger partial charge in [-0.2, -0.15) is 5.26 Å². The fourth-order valence-electron chi connectivity index (χ4n) is 2.00. The van der Waals surface area contributed by atoms with Crippen LogP contribution in [0.4, 0.5) is 0 Å². The summed E-state index contributed by atoms with van der Waals surface area (Å²) in [6.07, 6.45) is 3.95.